The van der Waals surface area contributed by atoms with Crippen LogP contribution in [0, 0.1) is 0 Å². The van der Waals surface area contributed by atoms with E-state index in [1.165, 1.54) is 6.92 Å². The Morgan fingerprint density at radius 2 is 1.67 bits per heavy atom. The molecule has 108 valence electrons. The minimum Gasteiger partial charge on any atom is -0.449 e. The van der Waals surface area contributed by atoms with Crippen molar-refractivity contribution >= 4 is 29.2 Å². The van der Waals surface area contributed by atoms with E-state index in [2.05, 4.69) is 5.32 Å². The molecule has 21 heavy (non-hydrogen) atoms. The van der Waals surface area contributed by atoms with Gasteiger partial charge in [-0.15, -0.1) is 0 Å². The number of anilines is 1. The number of esters is 1. The zero-order valence-corrected chi connectivity index (χ0v) is 12.1. The predicted octanol–water partition coefficient (Wildman–Crippen LogP) is 3.52. The molecule has 0 heterocycles. The van der Waals surface area contributed by atoms with Gasteiger partial charge in [-0.1, -0.05) is 41.9 Å². The summed E-state index contributed by atoms with van der Waals surface area (Å²) >= 11 is 5.91. The fraction of sp³-hybridized carbons (Fsp3) is 0.125. The fourth-order valence-corrected chi connectivity index (χ4v) is 1.88. The third kappa shape index (κ3) is 4.07. The van der Waals surface area contributed by atoms with Crippen LogP contribution in [-0.4, -0.2) is 18.0 Å². The average molecular weight is 304 g/mol. The number of nitrogens with one attached hydrogen (secondary N) is 1. The molecule has 1 unspecified atom stereocenters. The number of ether oxygens (including phenoxy) is 1. The maximum absolute atomic E-state index is 11.9. The summed E-state index contributed by atoms with van der Waals surface area (Å²) in [5, 5.41) is 2.95. The first-order chi connectivity index (χ1) is 10.1. The molecule has 2 aromatic rings. The van der Waals surface area contributed by atoms with Gasteiger partial charge in [0.1, 0.15) is 0 Å². The lowest BCUT2D eigenvalue weighted by Crippen LogP contribution is -2.30. The highest BCUT2D eigenvalue weighted by Gasteiger charge is 2.20. The summed E-state index contributed by atoms with van der Waals surface area (Å²) in [6, 6.07) is 15.5. The van der Waals surface area contributed by atoms with Crippen molar-refractivity contribution in [1.82, 2.24) is 0 Å². The minimum atomic E-state index is -0.922. The van der Waals surface area contributed by atoms with Gasteiger partial charge in [0, 0.05) is 5.69 Å². The summed E-state index contributed by atoms with van der Waals surface area (Å²) in [7, 11) is 0. The minimum absolute atomic E-state index is 0.235. The second kappa shape index (κ2) is 6.90. The van der Waals surface area contributed by atoms with Crippen LogP contribution in [0.5, 0.6) is 0 Å². The van der Waals surface area contributed by atoms with Crippen LogP contribution in [-0.2, 0) is 9.53 Å². The van der Waals surface area contributed by atoms with E-state index >= 15 is 0 Å². The maximum Gasteiger partial charge on any atom is 0.340 e. The van der Waals surface area contributed by atoms with Gasteiger partial charge in [-0.3, -0.25) is 4.79 Å². The average Bonchev–Trinajstić information content (AvgIpc) is 2.48. The molecule has 1 atom stereocenters. The van der Waals surface area contributed by atoms with Gasteiger partial charge in [-0.2, -0.15) is 0 Å². The molecule has 0 spiro atoms. The summed E-state index contributed by atoms with van der Waals surface area (Å²) < 4.78 is 5.12. The van der Waals surface area contributed by atoms with Crippen molar-refractivity contribution in [2.24, 2.45) is 0 Å². The van der Waals surface area contributed by atoms with Crippen molar-refractivity contribution in [2.75, 3.05) is 5.32 Å². The van der Waals surface area contributed by atoms with Crippen LogP contribution >= 0.6 is 11.6 Å². The summed E-state index contributed by atoms with van der Waals surface area (Å²) in [5.41, 5.74) is 0.877. The van der Waals surface area contributed by atoms with Crippen LogP contribution in [0.3, 0.4) is 0 Å². The largest absolute Gasteiger partial charge is 0.449 e. The number of halogens is 1. The Morgan fingerprint density at radius 1 is 1.05 bits per heavy atom. The molecular weight excluding hydrogens is 290 g/mol. The van der Waals surface area contributed by atoms with Gasteiger partial charge in [0.25, 0.3) is 5.91 Å². The van der Waals surface area contributed by atoms with E-state index in [0.717, 1.165) is 0 Å². The summed E-state index contributed by atoms with van der Waals surface area (Å²) in [5.74, 6) is -1.03. The van der Waals surface area contributed by atoms with E-state index in [1.807, 2.05) is 6.07 Å². The Hall–Kier alpha value is -2.33. The predicted molar refractivity (Wildman–Crippen MR) is 81.4 cm³/mol. The van der Waals surface area contributed by atoms with Gasteiger partial charge >= 0.3 is 5.97 Å². The summed E-state index contributed by atoms with van der Waals surface area (Å²) in [6.45, 7) is 1.51. The van der Waals surface area contributed by atoms with Crippen molar-refractivity contribution in [1.29, 1.82) is 0 Å². The second-order valence-corrected chi connectivity index (χ2v) is 4.79. The van der Waals surface area contributed by atoms with Crippen molar-refractivity contribution in [2.45, 2.75) is 13.0 Å². The molecule has 0 saturated heterocycles. The van der Waals surface area contributed by atoms with Gasteiger partial charge in [0.2, 0.25) is 0 Å². The third-order valence-electron chi connectivity index (χ3n) is 2.79. The number of benzene rings is 2. The summed E-state index contributed by atoms with van der Waals surface area (Å²) in [4.78, 5) is 23.9. The molecule has 0 aliphatic rings. The molecule has 1 N–H and O–H groups in total. The number of carbonyl (C=O) groups excluding carboxylic acids is 2. The zero-order chi connectivity index (χ0) is 15.2. The normalized spacial score (nSPS) is 11.5. The van der Waals surface area contributed by atoms with E-state index in [9.17, 15) is 9.59 Å². The zero-order valence-electron chi connectivity index (χ0n) is 11.4. The molecule has 0 radical (unpaired) electrons. The standard InChI is InChI=1S/C16H14ClNO3/c1-11(15(19)18-12-7-3-2-4-8-12)21-16(20)13-9-5-6-10-14(13)17/h2-11H,1H3,(H,18,19). The lowest BCUT2D eigenvalue weighted by Gasteiger charge is -2.14. The van der Waals surface area contributed by atoms with Crippen LogP contribution in [0.4, 0.5) is 5.69 Å². The van der Waals surface area contributed by atoms with E-state index in [0.29, 0.717) is 5.69 Å². The van der Waals surface area contributed by atoms with E-state index in [4.69, 9.17) is 16.3 Å². The van der Waals surface area contributed by atoms with Gasteiger partial charge in [-0.25, -0.2) is 4.79 Å². The number of carbonyl (C=O) groups is 2. The van der Waals surface area contributed by atoms with Crippen LogP contribution in [0.25, 0.3) is 0 Å². The van der Waals surface area contributed by atoms with Crippen LogP contribution in [0.15, 0.2) is 54.6 Å². The Bertz CT molecular complexity index is 643. The molecule has 0 aromatic heterocycles. The van der Waals surface area contributed by atoms with Crippen LogP contribution < -0.4 is 5.32 Å². The summed E-state index contributed by atoms with van der Waals surface area (Å²) in [6.07, 6.45) is -0.922. The van der Waals surface area contributed by atoms with Crippen LogP contribution in [0.1, 0.15) is 17.3 Å². The highest BCUT2D eigenvalue weighted by Crippen LogP contribution is 2.17. The Balaban J connectivity index is 1.98. The molecule has 2 rings (SSSR count). The van der Waals surface area contributed by atoms with Gasteiger partial charge in [0.15, 0.2) is 6.10 Å². The van der Waals surface area contributed by atoms with Crippen LogP contribution in [0.2, 0.25) is 5.02 Å². The first-order valence-corrected chi connectivity index (χ1v) is 6.77. The molecule has 4 nitrogen and oxygen atoms in total. The third-order valence-corrected chi connectivity index (χ3v) is 3.12. The molecule has 0 saturated carbocycles. The number of hydrogen-bond acceptors (Lipinski definition) is 3. The lowest BCUT2D eigenvalue weighted by atomic mass is 10.2. The van der Waals surface area contributed by atoms with Crippen molar-refractivity contribution in [3.8, 4) is 0 Å². The monoisotopic (exact) mass is 303 g/mol. The van der Waals surface area contributed by atoms with Gasteiger partial charge in [-0.05, 0) is 31.2 Å². The molecular formula is C16H14ClNO3. The van der Waals surface area contributed by atoms with Gasteiger partial charge in [0.05, 0.1) is 10.6 Å². The molecule has 0 bridgehead atoms. The highest BCUT2D eigenvalue weighted by atomic mass is 35.5. The number of para-hydroxylation sites is 1. The maximum atomic E-state index is 11.9. The van der Waals surface area contributed by atoms with E-state index in [-0.39, 0.29) is 10.6 Å². The molecule has 0 aliphatic heterocycles. The number of rotatable bonds is 4. The first kappa shape index (κ1) is 15.1. The van der Waals surface area contributed by atoms with Crippen molar-refractivity contribution in [3.63, 3.8) is 0 Å². The SMILES string of the molecule is CC(OC(=O)c1ccccc1Cl)C(=O)Nc1ccccc1. The fourth-order valence-electron chi connectivity index (χ4n) is 1.67. The topological polar surface area (TPSA) is 55.4 Å². The molecule has 0 aliphatic carbocycles. The molecule has 1 amide bonds. The van der Waals surface area contributed by atoms with Gasteiger partial charge < -0.3 is 10.1 Å². The van der Waals surface area contributed by atoms with Crippen molar-refractivity contribution < 1.29 is 14.3 Å². The smallest absolute Gasteiger partial charge is 0.340 e. The Labute approximate surface area is 127 Å². The van der Waals surface area contributed by atoms with Crippen molar-refractivity contribution in [3.05, 3.63) is 65.2 Å². The second-order valence-electron chi connectivity index (χ2n) is 4.38. The number of hydrogen-bond donors (Lipinski definition) is 1. The quantitative estimate of drug-likeness (QED) is 0.879. The Morgan fingerprint density at radius 3 is 2.33 bits per heavy atom. The molecule has 2 aromatic carbocycles. The molecule has 5 heteroatoms. The first-order valence-electron chi connectivity index (χ1n) is 6.39. The highest BCUT2D eigenvalue weighted by molar-refractivity contribution is 6.33. The number of amides is 1. The van der Waals surface area contributed by atoms with E-state index < -0.39 is 18.0 Å². The lowest BCUT2D eigenvalue weighted by molar-refractivity contribution is -0.123. The van der Waals surface area contributed by atoms with E-state index in [1.54, 1.807) is 48.5 Å². The molecule has 0 fully saturated rings. The Kier molecular flexibility index (Phi) is 4.95.